The van der Waals surface area contributed by atoms with Crippen molar-refractivity contribution in [1.29, 1.82) is 0 Å². The third-order valence-corrected chi connectivity index (χ3v) is 2.71. The number of pyridine rings is 1. The maximum absolute atomic E-state index is 8.67. The second-order valence-corrected chi connectivity index (χ2v) is 3.96. The summed E-state index contributed by atoms with van der Waals surface area (Å²) in [6, 6.07) is 3.56. The number of rotatable bonds is 3. The van der Waals surface area contributed by atoms with E-state index in [1.807, 2.05) is 6.92 Å². The standard InChI is InChI=1S/C11H15N3O2/c1-7-5-6-9(10(12)14-15)11(13-7)16-8-3-2-4-8/h5-6,8,15H,2-4H2,1H3,(H2,12,14). The van der Waals surface area contributed by atoms with Gasteiger partial charge in [-0.2, -0.15) is 0 Å². The molecule has 5 heteroatoms. The molecule has 16 heavy (non-hydrogen) atoms. The zero-order valence-electron chi connectivity index (χ0n) is 9.18. The van der Waals surface area contributed by atoms with Crippen LogP contribution in [-0.4, -0.2) is 22.1 Å². The van der Waals surface area contributed by atoms with Crippen molar-refractivity contribution in [1.82, 2.24) is 4.98 Å². The van der Waals surface area contributed by atoms with Crippen molar-refractivity contribution in [2.45, 2.75) is 32.3 Å². The van der Waals surface area contributed by atoms with Gasteiger partial charge in [0.15, 0.2) is 5.84 Å². The number of amidine groups is 1. The predicted octanol–water partition coefficient (Wildman–Crippen LogP) is 1.42. The summed E-state index contributed by atoms with van der Waals surface area (Å²) in [6.07, 6.45) is 3.51. The molecule has 1 heterocycles. The first kappa shape index (κ1) is 10.7. The van der Waals surface area contributed by atoms with Crippen LogP contribution in [0.25, 0.3) is 0 Å². The van der Waals surface area contributed by atoms with E-state index in [-0.39, 0.29) is 11.9 Å². The molecule has 3 N–H and O–H groups in total. The lowest BCUT2D eigenvalue weighted by Crippen LogP contribution is -2.27. The summed E-state index contributed by atoms with van der Waals surface area (Å²) in [5.74, 6) is 0.488. The summed E-state index contributed by atoms with van der Waals surface area (Å²) >= 11 is 0. The average Bonchev–Trinajstić information content (AvgIpc) is 2.22. The maximum atomic E-state index is 8.67. The van der Waals surface area contributed by atoms with E-state index < -0.39 is 0 Å². The molecule has 0 unspecified atom stereocenters. The van der Waals surface area contributed by atoms with E-state index >= 15 is 0 Å². The highest BCUT2D eigenvalue weighted by molar-refractivity contribution is 5.99. The number of aromatic nitrogens is 1. The monoisotopic (exact) mass is 221 g/mol. The topological polar surface area (TPSA) is 80.7 Å². The Morgan fingerprint density at radius 1 is 1.56 bits per heavy atom. The van der Waals surface area contributed by atoms with Crippen molar-refractivity contribution in [2.75, 3.05) is 0 Å². The molecule has 1 aliphatic rings. The number of nitrogens with two attached hydrogens (primary N) is 1. The highest BCUT2D eigenvalue weighted by Crippen LogP contribution is 2.26. The van der Waals surface area contributed by atoms with Gasteiger partial charge in [-0.1, -0.05) is 5.16 Å². The van der Waals surface area contributed by atoms with E-state index in [1.54, 1.807) is 12.1 Å². The molecule has 86 valence electrons. The van der Waals surface area contributed by atoms with E-state index in [0.29, 0.717) is 11.4 Å². The van der Waals surface area contributed by atoms with Crippen LogP contribution in [0, 0.1) is 6.92 Å². The van der Waals surface area contributed by atoms with Crippen LogP contribution in [0.4, 0.5) is 0 Å². The van der Waals surface area contributed by atoms with Gasteiger partial charge in [0.05, 0.1) is 5.56 Å². The van der Waals surface area contributed by atoms with Gasteiger partial charge >= 0.3 is 0 Å². The summed E-state index contributed by atoms with van der Waals surface area (Å²) in [4.78, 5) is 4.27. The number of hydrogen-bond donors (Lipinski definition) is 2. The number of aryl methyl sites for hydroxylation is 1. The van der Waals surface area contributed by atoms with Crippen LogP contribution in [0.2, 0.25) is 0 Å². The van der Waals surface area contributed by atoms with Crippen LogP contribution in [0.15, 0.2) is 17.3 Å². The highest BCUT2D eigenvalue weighted by Gasteiger charge is 2.22. The SMILES string of the molecule is Cc1ccc(C(N)=NO)c(OC2CCC2)n1. The molecule has 0 atom stereocenters. The molecule has 0 amide bonds. The molecule has 1 saturated carbocycles. The molecule has 1 aliphatic carbocycles. The zero-order chi connectivity index (χ0) is 11.5. The van der Waals surface area contributed by atoms with Crippen LogP contribution < -0.4 is 10.5 Å². The van der Waals surface area contributed by atoms with Crippen LogP contribution in [-0.2, 0) is 0 Å². The second kappa shape index (κ2) is 4.38. The van der Waals surface area contributed by atoms with Gasteiger partial charge < -0.3 is 15.7 Å². The Kier molecular flexibility index (Phi) is 2.94. The van der Waals surface area contributed by atoms with Gasteiger partial charge in [-0.05, 0) is 38.3 Å². The van der Waals surface area contributed by atoms with Crippen molar-refractivity contribution < 1.29 is 9.94 Å². The van der Waals surface area contributed by atoms with Crippen LogP contribution in [0.3, 0.4) is 0 Å². The van der Waals surface area contributed by atoms with Gasteiger partial charge in [-0.3, -0.25) is 0 Å². The number of ether oxygens (including phenoxy) is 1. The fourth-order valence-electron chi connectivity index (χ4n) is 1.52. The Morgan fingerprint density at radius 3 is 2.88 bits per heavy atom. The van der Waals surface area contributed by atoms with E-state index in [0.717, 1.165) is 18.5 Å². The molecule has 0 aromatic carbocycles. The number of oxime groups is 1. The lowest BCUT2D eigenvalue weighted by atomic mass is 9.96. The van der Waals surface area contributed by atoms with Crippen molar-refractivity contribution in [3.63, 3.8) is 0 Å². The Hall–Kier alpha value is -1.78. The van der Waals surface area contributed by atoms with Gasteiger partial charge in [0.25, 0.3) is 0 Å². The van der Waals surface area contributed by atoms with Crippen molar-refractivity contribution in [3.8, 4) is 5.88 Å². The molecular weight excluding hydrogens is 206 g/mol. The average molecular weight is 221 g/mol. The van der Waals surface area contributed by atoms with E-state index in [2.05, 4.69) is 10.1 Å². The lowest BCUT2D eigenvalue weighted by Gasteiger charge is -2.26. The van der Waals surface area contributed by atoms with E-state index in [9.17, 15) is 0 Å². The Bertz CT molecular complexity index is 414. The van der Waals surface area contributed by atoms with Crippen molar-refractivity contribution >= 4 is 5.84 Å². The summed E-state index contributed by atoms with van der Waals surface area (Å²) in [7, 11) is 0. The maximum Gasteiger partial charge on any atom is 0.225 e. The van der Waals surface area contributed by atoms with Gasteiger partial charge in [-0.25, -0.2) is 4.98 Å². The van der Waals surface area contributed by atoms with Crippen molar-refractivity contribution in [3.05, 3.63) is 23.4 Å². The second-order valence-electron chi connectivity index (χ2n) is 3.96. The van der Waals surface area contributed by atoms with E-state index in [4.69, 9.17) is 15.7 Å². The minimum absolute atomic E-state index is 0.0295. The molecular formula is C11H15N3O2. The normalized spacial score (nSPS) is 16.9. The predicted molar refractivity (Wildman–Crippen MR) is 59.8 cm³/mol. The summed E-state index contributed by atoms with van der Waals surface area (Å²) < 4.78 is 5.70. The Morgan fingerprint density at radius 2 is 2.31 bits per heavy atom. The molecule has 1 fully saturated rings. The summed E-state index contributed by atoms with van der Waals surface area (Å²) in [5, 5.41) is 11.6. The highest BCUT2D eigenvalue weighted by atomic mass is 16.5. The molecule has 0 bridgehead atoms. The third-order valence-electron chi connectivity index (χ3n) is 2.71. The van der Waals surface area contributed by atoms with Gasteiger partial charge in [0, 0.05) is 5.69 Å². The van der Waals surface area contributed by atoms with Gasteiger partial charge in [0.1, 0.15) is 6.10 Å². The van der Waals surface area contributed by atoms with Gasteiger partial charge in [-0.15, -0.1) is 0 Å². The fourth-order valence-corrected chi connectivity index (χ4v) is 1.52. The molecule has 2 rings (SSSR count). The first-order valence-corrected chi connectivity index (χ1v) is 5.33. The Balaban J connectivity index is 2.28. The first-order valence-electron chi connectivity index (χ1n) is 5.33. The minimum Gasteiger partial charge on any atom is -0.474 e. The molecule has 0 radical (unpaired) electrons. The zero-order valence-corrected chi connectivity index (χ0v) is 9.18. The summed E-state index contributed by atoms with van der Waals surface area (Å²) in [6.45, 7) is 1.88. The van der Waals surface area contributed by atoms with Crippen molar-refractivity contribution in [2.24, 2.45) is 10.9 Å². The van der Waals surface area contributed by atoms with E-state index in [1.165, 1.54) is 6.42 Å². The molecule has 0 aliphatic heterocycles. The lowest BCUT2D eigenvalue weighted by molar-refractivity contribution is 0.114. The first-order chi connectivity index (χ1) is 7.70. The molecule has 5 nitrogen and oxygen atoms in total. The smallest absolute Gasteiger partial charge is 0.225 e. The minimum atomic E-state index is 0.0295. The Labute approximate surface area is 93.9 Å². The molecule has 1 aromatic rings. The van der Waals surface area contributed by atoms with Crippen LogP contribution in [0.1, 0.15) is 30.5 Å². The summed E-state index contributed by atoms with van der Waals surface area (Å²) in [5.41, 5.74) is 6.95. The number of nitrogens with zero attached hydrogens (tertiary/aromatic N) is 2. The molecule has 0 spiro atoms. The van der Waals surface area contributed by atoms with Crippen LogP contribution >= 0.6 is 0 Å². The molecule has 1 aromatic heterocycles. The largest absolute Gasteiger partial charge is 0.474 e. The quantitative estimate of drug-likeness (QED) is 0.350. The van der Waals surface area contributed by atoms with Gasteiger partial charge in [0.2, 0.25) is 5.88 Å². The third kappa shape index (κ3) is 2.08. The fraction of sp³-hybridized carbons (Fsp3) is 0.455. The molecule has 0 saturated heterocycles. The number of hydrogen-bond acceptors (Lipinski definition) is 4. The van der Waals surface area contributed by atoms with Crippen LogP contribution in [0.5, 0.6) is 5.88 Å².